The lowest BCUT2D eigenvalue weighted by Crippen LogP contribution is -2.19. The van der Waals surface area contributed by atoms with E-state index in [1.807, 2.05) is 18.7 Å². The van der Waals surface area contributed by atoms with Gasteiger partial charge in [-0.05, 0) is 38.0 Å². The van der Waals surface area contributed by atoms with Crippen LogP contribution in [0.15, 0.2) is 18.7 Å². The first-order valence-corrected chi connectivity index (χ1v) is 8.26. The zero-order valence-corrected chi connectivity index (χ0v) is 11.1. The molecule has 2 rings (SSSR count). The van der Waals surface area contributed by atoms with Crippen molar-refractivity contribution in [3.63, 3.8) is 0 Å². The molecule has 1 heterocycles. The Bertz CT molecular complexity index is 431. The molecule has 17 heavy (non-hydrogen) atoms. The average Bonchev–Trinajstić information content (AvgIpc) is 2.79. The maximum atomic E-state index is 11.1. The van der Waals surface area contributed by atoms with Gasteiger partial charge in [-0.3, -0.25) is 0 Å². The third kappa shape index (κ3) is 3.84. The lowest BCUT2D eigenvalue weighted by Gasteiger charge is -2.29. The van der Waals surface area contributed by atoms with Gasteiger partial charge in [-0.1, -0.05) is 0 Å². The molecule has 1 aromatic heterocycles. The van der Waals surface area contributed by atoms with Crippen molar-refractivity contribution in [3.05, 3.63) is 18.7 Å². The first-order valence-electron chi connectivity index (χ1n) is 6.20. The van der Waals surface area contributed by atoms with Gasteiger partial charge in [-0.25, -0.2) is 13.4 Å². The van der Waals surface area contributed by atoms with E-state index in [-0.39, 0.29) is 0 Å². The fourth-order valence-corrected chi connectivity index (χ4v) is 3.36. The van der Waals surface area contributed by atoms with E-state index in [0.29, 0.717) is 17.7 Å². The lowest BCUT2D eigenvalue weighted by atomic mass is 9.84. The molecule has 0 unspecified atom stereocenters. The molecule has 1 aliphatic carbocycles. The zero-order chi connectivity index (χ0) is 12.3. The smallest absolute Gasteiger partial charge is 0.147 e. The SMILES string of the molecule is CS(=O)(=O)CCC1CCC(n2ccnc2)CC1. The molecule has 0 radical (unpaired) electrons. The molecule has 4 nitrogen and oxygen atoms in total. The van der Waals surface area contributed by atoms with Gasteiger partial charge in [0.05, 0.1) is 12.1 Å². The summed E-state index contributed by atoms with van der Waals surface area (Å²) in [5.74, 6) is 0.928. The highest BCUT2D eigenvalue weighted by molar-refractivity contribution is 7.90. The first-order chi connectivity index (χ1) is 8.04. The van der Waals surface area contributed by atoms with E-state index < -0.39 is 9.84 Å². The van der Waals surface area contributed by atoms with Crippen LogP contribution in [0.4, 0.5) is 0 Å². The lowest BCUT2D eigenvalue weighted by molar-refractivity contribution is 0.270. The summed E-state index contributed by atoms with van der Waals surface area (Å²) in [6, 6.07) is 0.562. The van der Waals surface area contributed by atoms with Crippen molar-refractivity contribution < 1.29 is 8.42 Å². The minimum Gasteiger partial charge on any atom is -0.334 e. The van der Waals surface area contributed by atoms with Crippen LogP contribution in [0.3, 0.4) is 0 Å². The summed E-state index contributed by atoms with van der Waals surface area (Å²) in [6.07, 6.45) is 12.4. The van der Waals surface area contributed by atoms with E-state index in [2.05, 4.69) is 9.55 Å². The molecule has 1 fully saturated rings. The monoisotopic (exact) mass is 256 g/mol. The molecular formula is C12H20N2O2S. The van der Waals surface area contributed by atoms with Crippen LogP contribution in [0, 0.1) is 5.92 Å². The zero-order valence-electron chi connectivity index (χ0n) is 10.2. The van der Waals surface area contributed by atoms with Crippen LogP contribution in [0.25, 0.3) is 0 Å². The Labute approximate surface area is 103 Å². The highest BCUT2D eigenvalue weighted by Crippen LogP contribution is 2.33. The molecule has 1 aliphatic rings. The van der Waals surface area contributed by atoms with Crippen molar-refractivity contribution >= 4 is 9.84 Å². The van der Waals surface area contributed by atoms with Crippen LogP contribution < -0.4 is 0 Å². The second-order valence-electron chi connectivity index (χ2n) is 5.10. The molecule has 1 saturated carbocycles. The Kier molecular flexibility index (Phi) is 3.86. The fourth-order valence-electron chi connectivity index (χ4n) is 2.60. The van der Waals surface area contributed by atoms with Crippen molar-refractivity contribution in [1.29, 1.82) is 0 Å². The Balaban J connectivity index is 1.78. The Morgan fingerprint density at radius 2 is 2.00 bits per heavy atom. The van der Waals surface area contributed by atoms with Crippen molar-refractivity contribution in [1.82, 2.24) is 9.55 Å². The molecular weight excluding hydrogens is 236 g/mol. The van der Waals surface area contributed by atoms with Crippen LogP contribution in [-0.4, -0.2) is 30.0 Å². The Morgan fingerprint density at radius 3 is 2.53 bits per heavy atom. The van der Waals surface area contributed by atoms with Crippen LogP contribution >= 0.6 is 0 Å². The molecule has 0 bridgehead atoms. The minimum absolute atomic E-state index is 0.341. The molecule has 0 aromatic carbocycles. The van der Waals surface area contributed by atoms with Crippen LogP contribution in [0.2, 0.25) is 0 Å². The van der Waals surface area contributed by atoms with Gasteiger partial charge in [0, 0.05) is 24.7 Å². The van der Waals surface area contributed by atoms with Crippen LogP contribution in [-0.2, 0) is 9.84 Å². The third-order valence-electron chi connectivity index (χ3n) is 3.66. The number of sulfone groups is 1. The van der Waals surface area contributed by atoms with Crippen LogP contribution in [0.5, 0.6) is 0 Å². The summed E-state index contributed by atoms with van der Waals surface area (Å²) in [5, 5.41) is 0. The molecule has 0 N–H and O–H groups in total. The van der Waals surface area contributed by atoms with E-state index in [0.717, 1.165) is 32.1 Å². The third-order valence-corrected chi connectivity index (χ3v) is 4.64. The van der Waals surface area contributed by atoms with Gasteiger partial charge >= 0.3 is 0 Å². The second-order valence-corrected chi connectivity index (χ2v) is 7.36. The van der Waals surface area contributed by atoms with E-state index in [1.165, 1.54) is 6.26 Å². The summed E-state index contributed by atoms with van der Waals surface area (Å²) < 4.78 is 24.4. The molecule has 0 saturated heterocycles. The maximum absolute atomic E-state index is 11.1. The molecule has 0 aliphatic heterocycles. The maximum Gasteiger partial charge on any atom is 0.147 e. The molecule has 0 atom stereocenters. The topological polar surface area (TPSA) is 52.0 Å². The van der Waals surface area contributed by atoms with E-state index in [9.17, 15) is 8.42 Å². The molecule has 0 spiro atoms. The number of hydrogen-bond donors (Lipinski definition) is 0. The van der Waals surface area contributed by atoms with Gasteiger partial charge in [-0.15, -0.1) is 0 Å². The number of hydrogen-bond acceptors (Lipinski definition) is 3. The summed E-state index contributed by atoms with van der Waals surface area (Å²) >= 11 is 0. The Morgan fingerprint density at radius 1 is 1.29 bits per heavy atom. The molecule has 96 valence electrons. The minimum atomic E-state index is -2.80. The van der Waals surface area contributed by atoms with Gasteiger partial charge < -0.3 is 4.57 Å². The number of nitrogens with zero attached hydrogens (tertiary/aromatic N) is 2. The van der Waals surface area contributed by atoms with Gasteiger partial charge in [-0.2, -0.15) is 0 Å². The molecule has 1 aromatic rings. The number of rotatable bonds is 4. The van der Waals surface area contributed by atoms with Crippen molar-refractivity contribution in [2.24, 2.45) is 5.92 Å². The van der Waals surface area contributed by atoms with Crippen LogP contribution in [0.1, 0.15) is 38.1 Å². The average molecular weight is 256 g/mol. The predicted octanol–water partition coefficient (Wildman–Crippen LogP) is 2.05. The van der Waals surface area contributed by atoms with Crippen molar-refractivity contribution in [2.45, 2.75) is 38.1 Å². The van der Waals surface area contributed by atoms with E-state index >= 15 is 0 Å². The van der Waals surface area contributed by atoms with Gasteiger partial charge in [0.2, 0.25) is 0 Å². The summed E-state index contributed by atoms with van der Waals surface area (Å²) in [4.78, 5) is 4.07. The standard InChI is InChI=1S/C12H20N2O2S/c1-17(15,16)9-6-11-2-4-12(5-3-11)14-8-7-13-10-14/h7-8,10-12H,2-6,9H2,1H3. The van der Waals surface area contributed by atoms with E-state index in [1.54, 1.807) is 0 Å². The molecule has 5 heteroatoms. The largest absolute Gasteiger partial charge is 0.334 e. The van der Waals surface area contributed by atoms with Crippen molar-refractivity contribution in [2.75, 3.05) is 12.0 Å². The first kappa shape index (κ1) is 12.6. The fraction of sp³-hybridized carbons (Fsp3) is 0.750. The molecule has 0 amide bonds. The number of imidazole rings is 1. The highest BCUT2D eigenvalue weighted by atomic mass is 32.2. The quantitative estimate of drug-likeness (QED) is 0.828. The summed E-state index contributed by atoms with van der Waals surface area (Å²) in [7, 11) is -2.80. The highest BCUT2D eigenvalue weighted by Gasteiger charge is 2.22. The second kappa shape index (κ2) is 5.21. The number of aromatic nitrogens is 2. The van der Waals surface area contributed by atoms with Gasteiger partial charge in [0.1, 0.15) is 9.84 Å². The summed E-state index contributed by atoms with van der Waals surface area (Å²) in [6.45, 7) is 0. The van der Waals surface area contributed by atoms with E-state index in [4.69, 9.17) is 0 Å². The van der Waals surface area contributed by atoms with Crippen molar-refractivity contribution in [3.8, 4) is 0 Å². The summed E-state index contributed by atoms with van der Waals surface area (Å²) in [5.41, 5.74) is 0. The normalized spacial score (nSPS) is 25.9. The Hall–Kier alpha value is -0.840. The van der Waals surface area contributed by atoms with Gasteiger partial charge in [0.15, 0.2) is 0 Å². The van der Waals surface area contributed by atoms with Gasteiger partial charge in [0.25, 0.3) is 0 Å². The predicted molar refractivity (Wildman–Crippen MR) is 67.5 cm³/mol.